The number of benzene rings is 1. The number of aromatic nitrogens is 3. The van der Waals surface area contributed by atoms with Gasteiger partial charge in [-0.05, 0) is 19.2 Å². The van der Waals surface area contributed by atoms with Gasteiger partial charge < -0.3 is 5.32 Å². The average Bonchev–Trinajstić information content (AvgIpc) is 2.77. The molecule has 1 N–H and O–H groups in total. The van der Waals surface area contributed by atoms with Gasteiger partial charge in [0.2, 0.25) is 0 Å². The lowest BCUT2D eigenvalue weighted by molar-refractivity contribution is -0.385. The van der Waals surface area contributed by atoms with E-state index >= 15 is 0 Å². The minimum atomic E-state index is -0.433. The van der Waals surface area contributed by atoms with E-state index in [0.29, 0.717) is 17.1 Å². The third kappa shape index (κ3) is 3.27. The standard InChI is InChI=1S/C11H12ClN5O2/c1-13-5-10-7-16(15-14-10)6-8-4-9(12)2-3-11(8)17(18)19/h2-4,7,13H,5-6H2,1H3. The van der Waals surface area contributed by atoms with Crippen LogP contribution in [0.25, 0.3) is 0 Å². The molecule has 1 aromatic carbocycles. The van der Waals surface area contributed by atoms with E-state index in [1.165, 1.54) is 12.1 Å². The first-order chi connectivity index (χ1) is 9.10. The van der Waals surface area contributed by atoms with Crippen LogP contribution in [0, 0.1) is 10.1 Å². The number of rotatable bonds is 5. The lowest BCUT2D eigenvalue weighted by atomic mass is 10.2. The van der Waals surface area contributed by atoms with E-state index < -0.39 is 4.92 Å². The Hall–Kier alpha value is -1.99. The molecule has 0 saturated heterocycles. The molecule has 0 atom stereocenters. The van der Waals surface area contributed by atoms with Crippen LogP contribution in [0.4, 0.5) is 5.69 Å². The first-order valence-corrected chi connectivity index (χ1v) is 5.94. The summed E-state index contributed by atoms with van der Waals surface area (Å²) in [6.45, 7) is 0.852. The van der Waals surface area contributed by atoms with Gasteiger partial charge in [0, 0.05) is 17.6 Å². The molecule has 0 unspecified atom stereocenters. The molecule has 0 aliphatic heterocycles. The topological polar surface area (TPSA) is 85.9 Å². The van der Waals surface area contributed by atoms with E-state index in [1.807, 2.05) is 0 Å². The van der Waals surface area contributed by atoms with E-state index in [0.717, 1.165) is 5.69 Å². The summed E-state index contributed by atoms with van der Waals surface area (Å²) in [5, 5.41) is 22.2. The Bertz CT molecular complexity index is 599. The van der Waals surface area contributed by atoms with Gasteiger partial charge in [0.05, 0.1) is 28.9 Å². The van der Waals surface area contributed by atoms with Gasteiger partial charge in [0.25, 0.3) is 5.69 Å². The van der Waals surface area contributed by atoms with Gasteiger partial charge in [-0.15, -0.1) is 5.10 Å². The average molecular weight is 282 g/mol. The molecule has 100 valence electrons. The zero-order valence-electron chi connectivity index (χ0n) is 10.2. The Morgan fingerprint density at radius 2 is 2.32 bits per heavy atom. The van der Waals surface area contributed by atoms with Crippen LogP contribution in [0.15, 0.2) is 24.4 Å². The first-order valence-electron chi connectivity index (χ1n) is 5.56. The van der Waals surface area contributed by atoms with E-state index in [1.54, 1.807) is 24.0 Å². The lowest BCUT2D eigenvalue weighted by Gasteiger charge is -2.03. The van der Waals surface area contributed by atoms with Gasteiger partial charge >= 0.3 is 0 Å². The molecule has 0 aliphatic rings. The summed E-state index contributed by atoms with van der Waals surface area (Å²) in [6, 6.07) is 4.46. The summed E-state index contributed by atoms with van der Waals surface area (Å²) in [7, 11) is 1.81. The molecule has 0 radical (unpaired) electrons. The van der Waals surface area contributed by atoms with Crippen molar-refractivity contribution in [1.82, 2.24) is 20.3 Å². The van der Waals surface area contributed by atoms with Crippen LogP contribution in [0.5, 0.6) is 0 Å². The molecule has 0 spiro atoms. The normalized spacial score (nSPS) is 10.6. The minimum absolute atomic E-state index is 0.0232. The van der Waals surface area contributed by atoms with Crippen molar-refractivity contribution < 1.29 is 4.92 Å². The zero-order chi connectivity index (χ0) is 13.8. The fourth-order valence-corrected chi connectivity index (χ4v) is 1.91. The number of hydrogen-bond donors (Lipinski definition) is 1. The molecular weight excluding hydrogens is 270 g/mol. The fourth-order valence-electron chi connectivity index (χ4n) is 1.71. The number of hydrogen-bond acceptors (Lipinski definition) is 5. The number of nitro groups is 1. The molecule has 8 heteroatoms. The predicted molar refractivity (Wildman–Crippen MR) is 70.0 cm³/mol. The van der Waals surface area contributed by atoms with Crippen LogP contribution in [0.2, 0.25) is 5.02 Å². The van der Waals surface area contributed by atoms with E-state index in [-0.39, 0.29) is 12.2 Å². The van der Waals surface area contributed by atoms with Crippen molar-refractivity contribution in [3.63, 3.8) is 0 Å². The summed E-state index contributed by atoms with van der Waals surface area (Å²) in [4.78, 5) is 10.5. The third-order valence-corrected chi connectivity index (χ3v) is 2.75. The van der Waals surface area contributed by atoms with Gasteiger partial charge in [0.1, 0.15) is 0 Å². The zero-order valence-corrected chi connectivity index (χ0v) is 11.0. The Balaban J connectivity index is 2.26. The number of nitrogens with zero attached hydrogens (tertiary/aromatic N) is 4. The van der Waals surface area contributed by atoms with Gasteiger partial charge in [-0.3, -0.25) is 10.1 Å². The summed E-state index contributed by atoms with van der Waals surface area (Å²) in [6.07, 6.45) is 1.74. The van der Waals surface area contributed by atoms with Crippen LogP contribution < -0.4 is 5.32 Å². The largest absolute Gasteiger partial charge is 0.314 e. The minimum Gasteiger partial charge on any atom is -0.314 e. The molecule has 19 heavy (non-hydrogen) atoms. The summed E-state index contributed by atoms with van der Waals surface area (Å²) in [5.74, 6) is 0. The summed E-state index contributed by atoms with van der Waals surface area (Å²) >= 11 is 5.86. The monoisotopic (exact) mass is 281 g/mol. The molecule has 2 aromatic rings. The number of nitrogens with one attached hydrogen (secondary N) is 1. The van der Waals surface area contributed by atoms with Crippen LogP contribution in [-0.2, 0) is 13.1 Å². The highest BCUT2D eigenvalue weighted by Crippen LogP contribution is 2.23. The van der Waals surface area contributed by atoms with Crippen molar-refractivity contribution in [2.45, 2.75) is 13.1 Å². The molecule has 1 aromatic heterocycles. The summed E-state index contributed by atoms with van der Waals surface area (Å²) in [5.41, 5.74) is 1.29. The van der Waals surface area contributed by atoms with Crippen LogP contribution in [0.3, 0.4) is 0 Å². The maximum atomic E-state index is 10.9. The maximum absolute atomic E-state index is 10.9. The van der Waals surface area contributed by atoms with Crippen LogP contribution in [-0.4, -0.2) is 27.0 Å². The fraction of sp³-hybridized carbons (Fsp3) is 0.273. The molecule has 0 amide bonds. The van der Waals surface area contributed by atoms with Gasteiger partial charge in [0.15, 0.2) is 0 Å². The second-order valence-electron chi connectivity index (χ2n) is 3.97. The smallest absolute Gasteiger partial charge is 0.274 e. The molecule has 0 aliphatic carbocycles. The quantitative estimate of drug-likeness (QED) is 0.665. The molecule has 0 saturated carbocycles. The van der Waals surface area contributed by atoms with E-state index in [9.17, 15) is 10.1 Å². The molecule has 7 nitrogen and oxygen atoms in total. The number of halogens is 1. The van der Waals surface area contributed by atoms with Gasteiger partial charge in [-0.25, -0.2) is 4.68 Å². The van der Waals surface area contributed by atoms with Gasteiger partial charge in [-0.2, -0.15) is 0 Å². The van der Waals surface area contributed by atoms with Crippen molar-refractivity contribution in [3.05, 3.63) is 50.8 Å². The van der Waals surface area contributed by atoms with E-state index in [2.05, 4.69) is 15.6 Å². The molecule has 0 fully saturated rings. The maximum Gasteiger partial charge on any atom is 0.274 e. The van der Waals surface area contributed by atoms with Crippen molar-refractivity contribution in [3.8, 4) is 0 Å². The summed E-state index contributed by atoms with van der Waals surface area (Å²) < 4.78 is 1.55. The van der Waals surface area contributed by atoms with Crippen molar-refractivity contribution in [2.75, 3.05) is 7.05 Å². The molecule has 2 rings (SSSR count). The Kier molecular flexibility index (Phi) is 4.08. The van der Waals surface area contributed by atoms with Crippen LogP contribution >= 0.6 is 11.6 Å². The highest BCUT2D eigenvalue weighted by atomic mass is 35.5. The Labute approximate surface area is 114 Å². The lowest BCUT2D eigenvalue weighted by Crippen LogP contribution is -2.05. The highest BCUT2D eigenvalue weighted by molar-refractivity contribution is 6.30. The molecular formula is C11H12ClN5O2. The van der Waals surface area contributed by atoms with Crippen LogP contribution in [0.1, 0.15) is 11.3 Å². The second-order valence-corrected chi connectivity index (χ2v) is 4.40. The third-order valence-electron chi connectivity index (χ3n) is 2.51. The first kappa shape index (κ1) is 13.4. The van der Waals surface area contributed by atoms with Crippen molar-refractivity contribution >= 4 is 17.3 Å². The highest BCUT2D eigenvalue weighted by Gasteiger charge is 2.14. The predicted octanol–water partition coefficient (Wildman–Crippen LogP) is 1.61. The van der Waals surface area contributed by atoms with E-state index in [4.69, 9.17) is 11.6 Å². The van der Waals surface area contributed by atoms with Crippen molar-refractivity contribution in [1.29, 1.82) is 0 Å². The molecule has 0 bridgehead atoms. The number of nitro benzene ring substituents is 1. The SMILES string of the molecule is CNCc1cn(Cc2cc(Cl)ccc2[N+](=O)[O-])nn1. The Morgan fingerprint density at radius 1 is 1.53 bits per heavy atom. The van der Waals surface area contributed by atoms with Gasteiger partial charge in [-0.1, -0.05) is 16.8 Å². The molecule has 1 heterocycles. The Morgan fingerprint density at radius 3 is 3.00 bits per heavy atom. The second kappa shape index (κ2) is 5.77. The van der Waals surface area contributed by atoms with Crippen molar-refractivity contribution in [2.24, 2.45) is 0 Å².